The van der Waals surface area contributed by atoms with Crippen molar-refractivity contribution in [1.82, 2.24) is 15.2 Å². The molecule has 1 unspecified atom stereocenters. The highest BCUT2D eigenvalue weighted by Gasteiger charge is 2.26. The number of rotatable bonds is 8. The van der Waals surface area contributed by atoms with E-state index in [-0.39, 0.29) is 11.9 Å². The highest BCUT2D eigenvalue weighted by atomic mass is 16.2. The van der Waals surface area contributed by atoms with Crippen molar-refractivity contribution in [1.29, 1.82) is 0 Å². The summed E-state index contributed by atoms with van der Waals surface area (Å²) in [5.41, 5.74) is 1.47. The van der Waals surface area contributed by atoms with Crippen LogP contribution in [0.15, 0.2) is 54.9 Å². The molecule has 2 aromatic rings. The van der Waals surface area contributed by atoms with Gasteiger partial charge < -0.3 is 15.5 Å². The van der Waals surface area contributed by atoms with Gasteiger partial charge in [-0.3, -0.25) is 9.78 Å². The maximum absolute atomic E-state index is 12.5. The number of benzene rings is 1. The lowest BCUT2D eigenvalue weighted by Crippen LogP contribution is -2.29. The SMILES string of the molecule is O=C(NCCCCCC1CCN(C(=O)c2ccccc2)C1)Nc1cccnc1. The van der Waals surface area contributed by atoms with Crippen molar-refractivity contribution in [3.05, 3.63) is 60.4 Å². The molecule has 28 heavy (non-hydrogen) atoms. The molecule has 1 fully saturated rings. The number of unbranched alkanes of at least 4 members (excludes halogenated alkanes) is 2. The van der Waals surface area contributed by atoms with E-state index in [9.17, 15) is 9.59 Å². The lowest BCUT2D eigenvalue weighted by Gasteiger charge is -2.16. The number of nitrogens with zero attached hydrogens (tertiary/aromatic N) is 2. The molecule has 1 aromatic heterocycles. The molecule has 1 aliphatic heterocycles. The fourth-order valence-corrected chi connectivity index (χ4v) is 3.56. The fourth-order valence-electron chi connectivity index (χ4n) is 3.56. The first-order chi connectivity index (χ1) is 13.7. The standard InChI is InChI=1S/C22H28N4O2/c27-21(19-9-4-1-5-10-19)26-15-12-18(17-26)8-3-2-6-14-24-22(28)25-20-11-7-13-23-16-20/h1,4-5,7,9-11,13,16,18H,2-3,6,8,12,14-15,17H2,(H2,24,25,28). The first kappa shape index (κ1) is 19.9. The second-order valence-corrected chi connectivity index (χ2v) is 7.24. The number of hydrogen-bond acceptors (Lipinski definition) is 3. The summed E-state index contributed by atoms with van der Waals surface area (Å²) >= 11 is 0. The lowest BCUT2D eigenvalue weighted by atomic mass is 10.0. The molecule has 2 heterocycles. The van der Waals surface area contributed by atoms with E-state index < -0.39 is 0 Å². The van der Waals surface area contributed by atoms with Crippen molar-refractivity contribution in [2.45, 2.75) is 32.1 Å². The van der Waals surface area contributed by atoms with Crippen molar-refractivity contribution in [3.63, 3.8) is 0 Å². The fraction of sp³-hybridized carbons (Fsp3) is 0.409. The Bertz CT molecular complexity index is 752. The van der Waals surface area contributed by atoms with Crippen LogP contribution in [0.2, 0.25) is 0 Å². The zero-order valence-electron chi connectivity index (χ0n) is 16.1. The normalized spacial score (nSPS) is 16.0. The highest BCUT2D eigenvalue weighted by molar-refractivity contribution is 5.94. The molecule has 148 valence electrons. The molecule has 0 saturated carbocycles. The minimum Gasteiger partial charge on any atom is -0.338 e. The minimum atomic E-state index is -0.196. The van der Waals surface area contributed by atoms with Crippen LogP contribution in [0, 0.1) is 5.92 Å². The van der Waals surface area contributed by atoms with Gasteiger partial charge in [0.25, 0.3) is 5.91 Å². The van der Waals surface area contributed by atoms with Crippen LogP contribution in [0.3, 0.4) is 0 Å². The largest absolute Gasteiger partial charge is 0.338 e. The Morgan fingerprint density at radius 2 is 1.93 bits per heavy atom. The minimum absolute atomic E-state index is 0.145. The summed E-state index contributed by atoms with van der Waals surface area (Å²) in [4.78, 5) is 30.2. The van der Waals surface area contributed by atoms with Gasteiger partial charge in [-0.25, -0.2) is 4.79 Å². The van der Waals surface area contributed by atoms with Crippen molar-refractivity contribution in [2.75, 3.05) is 25.0 Å². The van der Waals surface area contributed by atoms with Gasteiger partial charge >= 0.3 is 6.03 Å². The molecule has 1 saturated heterocycles. The summed E-state index contributed by atoms with van der Waals surface area (Å²) < 4.78 is 0. The lowest BCUT2D eigenvalue weighted by molar-refractivity contribution is 0.0786. The van der Waals surface area contributed by atoms with Crippen LogP contribution in [0.5, 0.6) is 0 Å². The van der Waals surface area contributed by atoms with Crippen LogP contribution in [0.4, 0.5) is 10.5 Å². The van der Waals surface area contributed by atoms with Crippen LogP contribution < -0.4 is 10.6 Å². The van der Waals surface area contributed by atoms with Gasteiger partial charge in [0.15, 0.2) is 0 Å². The van der Waals surface area contributed by atoms with Gasteiger partial charge in [-0.1, -0.05) is 31.0 Å². The third kappa shape index (κ3) is 6.08. The maximum atomic E-state index is 12.5. The number of nitrogens with one attached hydrogen (secondary N) is 2. The van der Waals surface area contributed by atoms with Crippen molar-refractivity contribution in [2.24, 2.45) is 5.92 Å². The third-order valence-corrected chi connectivity index (χ3v) is 5.09. The molecule has 2 N–H and O–H groups in total. The number of urea groups is 1. The molecule has 6 nitrogen and oxygen atoms in total. The molecule has 6 heteroatoms. The van der Waals surface area contributed by atoms with E-state index in [0.717, 1.165) is 50.8 Å². The Labute approximate surface area is 166 Å². The van der Waals surface area contributed by atoms with E-state index in [1.165, 1.54) is 0 Å². The zero-order chi connectivity index (χ0) is 19.6. The van der Waals surface area contributed by atoms with E-state index in [1.54, 1.807) is 24.5 Å². The summed E-state index contributed by atoms with van der Waals surface area (Å²) in [6.45, 7) is 2.38. The summed E-state index contributed by atoms with van der Waals surface area (Å²) in [6, 6.07) is 12.9. The predicted molar refractivity (Wildman–Crippen MR) is 110 cm³/mol. The van der Waals surface area contributed by atoms with Crippen LogP contribution >= 0.6 is 0 Å². The number of hydrogen-bond donors (Lipinski definition) is 2. The van der Waals surface area contributed by atoms with Gasteiger partial charge in [-0.05, 0) is 49.4 Å². The smallest absolute Gasteiger partial charge is 0.319 e. The van der Waals surface area contributed by atoms with Crippen molar-refractivity contribution < 1.29 is 9.59 Å². The van der Waals surface area contributed by atoms with Crippen LogP contribution in [0.25, 0.3) is 0 Å². The summed E-state index contributed by atoms with van der Waals surface area (Å²) in [6.07, 6.45) is 8.68. The Balaban J connectivity index is 1.25. The number of amides is 3. The van der Waals surface area contributed by atoms with Crippen LogP contribution in [0.1, 0.15) is 42.5 Å². The molecule has 3 amide bonds. The van der Waals surface area contributed by atoms with Gasteiger partial charge in [-0.2, -0.15) is 0 Å². The van der Waals surface area contributed by atoms with Gasteiger partial charge in [0.05, 0.1) is 11.9 Å². The quantitative estimate of drug-likeness (QED) is 0.682. The van der Waals surface area contributed by atoms with Gasteiger partial charge in [0, 0.05) is 31.4 Å². The number of pyridine rings is 1. The first-order valence-corrected chi connectivity index (χ1v) is 10.0. The van der Waals surface area contributed by atoms with E-state index in [0.29, 0.717) is 18.2 Å². The van der Waals surface area contributed by atoms with Crippen molar-refractivity contribution in [3.8, 4) is 0 Å². The van der Waals surface area contributed by atoms with E-state index in [4.69, 9.17) is 0 Å². The molecule has 0 spiro atoms. The second-order valence-electron chi connectivity index (χ2n) is 7.24. The van der Waals surface area contributed by atoms with Gasteiger partial charge in [-0.15, -0.1) is 0 Å². The van der Waals surface area contributed by atoms with Gasteiger partial charge in [0.1, 0.15) is 0 Å². The summed E-state index contributed by atoms with van der Waals surface area (Å²) in [5.74, 6) is 0.737. The molecule has 0 bridgehead atoms. The van der Waals surface area contributed by atoms with E-state index in [1.807, 2.05) is 35.2 Å². The summed E-state index contributed by atoms with van der Waals surface area (Å²) in [5, 5.41) is 5.63. The maximum Gasteiger partial charge on any atom is 0.319 e. The van der Waals surface area contributed by atoms with E-state index >= 15 is 0 Å². The predicted octanol–water partition coefficient (Wildman–Crippen LogP) is 3.93. The first-order valence-electron chi connectivity index (χ1n) is 10.0. The van der Waals surface area contributed by atoms with E-state index in [2.05, 4.69) is 15.6 Å². The Morgan fingerprint density at radius 1 is 1.07 bits per heavy atom. The average molecular weight is 380 g/mol. The Morgan fingerprint density at radius 3 is 2.71 bits per heavy atom. The molecular formula is C22H28N4O2. The number of carbonyl (C=O) groups is 2. The average Bonchev–Trinajstić information content (AvgIpc) is 3.20. The number of carbonyl (C=O) groups excluding carboxylic acids is 2. The monoisotopic (exact) mass is 380 g/mol. The molecule has 1 aromatic carbocycles. The number of aromatic nitrogens is 1. The number of likely N-dealkylation sites (tertiary alicyclic amines) is 1. The van der Waals surface area contributed by atoms with Crippen molar-refractivity contribution >= 4 is 17.6 Å². The Kier molecular flexibility index (Phi) is 7.41. The second kappa shape index (κ2) is 10.4. The third-order valence-electron chi connectivity index (χ3n) is 5.09. The Hall–Kier alpha value is -2.89. The molecular weight excluding hydrogens is 352 g/mol. The highest BCUT2D eigenvalue weighted by Crippen LogP contribution is 2.23. The molecule has 0 radical (unpaired) electrons. The number of anilines is 1. The summed E-state index contributed by atoms with van der Waals surface area (Å²) in [7, 11) is 0. The molecule has 1 aliphatic rings. The van der Waals surface area contributed by atoms with Crippen LogP contribution in [-0.2, 0) is 0 Å². The topological polar surface area (TPSA) is 74.3 Å². The molecule has 3 rings (SSSR count). The van der Waals surface area contributed by atoms with Gasteiger partial charge in [0.2, 0.25) is 0 Å². The zero-order valence-corrected chi connectivity index (χ0v) is 16.1. The molecule has 1 atom stereocenters. The van der Waals surface area contributed by atoms with Crippen LogP contribution in [-0.4, -0.2) is 41.5 Å². The molecule has 0 aliphatic carbocycles.